The third-order valence-corrected chi connectivity index (χ3v) is 5.34. The van der Waals surface area contributed by atoms with E-state index in [2.05, 4.69) is 27.0 Å². The van der Waals surface area contributed by atoms with E-state index in [-0.39, 0.29) is 18.3 Å². The van der Waals surface area contributed by atoms with Crippen LogP contribution in [-0.2, 0) is 11.8 Å². The number of aliphatic hydroxyl groups is 1. The molecular weight excluding hydrogens is 422 g/mol. The molecule has 1 unspecified atom stereocenters. The van der Waals surface area contributed by atoms with Crippen LogP contribution in [0.1, 0.15) is 23.7 Å². The van der Waals surface area contributed by atoms with Crippen molar-refractivity contribution in [2.45, 2.75) is 12.5 Å². The third-order valence-electron chi connectivity index (χ3n) is 5.34. The molecule has 0 saturated carbocycles. The van der Waals surface area contributed by atoms with E-state index in [4.69, 9.17) is 0 Å². The first-order chi connectivity index (χ1) is 15.1. The molecule has 164 valence electrons. The highest BCUT2D eigenvalue weighted by Crippen LogP contribution is 2.32. The molecule has 0 saturated heterocycles. The van der Waals surface area contributed by atoms with Gasteiger partial charge in [-0.3, -0.25) is 4.79 Å². The highest BCUT2D eigenvalue weighted by atomic mass is 35.5. The van der Waals surface area contributed by atoms with Gasteiger partial charge in [0, 0.05) is 36.8 Å². The molecule has 0 aliphatic rings. The Morgan fingerprint density at radius 2 is 1.75 bits per heavy atom. The van der Waals surface area contributed by atoms with Crippen molar-refractivity contribution in [1.29, 1.82) is 0 Å². The average Bonchev–Trinajstić information content (AvgIpc) is 3.10. The highest BCUT2D eigenvalue weighted by Gasteiger charge is 2.15. The molecule has 6 heteroatoms. The van der Waals surface area contributed by atoms with E-state index >= 15 is 0 Å². The van der Waals surface area contributed by atoms with Crippen molar-refractivity contribution < 1.29 is 9.90 Å². The molecule has 2 N–H and O–H groups in total. The van der Waals surface area contributed by atoms with Crippen LogP contribution in [0.3, 0.4) is 0 Å². The number of hydrogen-bond donors (Lipinski definition) is 2. The van der Waals surface area contributed by atoms with Crippen LogP contribution < -0.4 is 5.32 Å². The van der Waals surface area contributed by atoms with Crippen LogP contribution in [0.4, 0.5) is 0 Å². The first kappa shape index (κ1) is 23.3. The summed E-state index contributed by atoms with van der Waals surface area (Å²) >= 11 is 0. The largest absolute Gasteiger partial charge is 0.388 e. The summed E-state index contributed by atoms with van der Waals surface area (Å²) in [5, 5.41) is 14.1. The van der Waals surface area contributed by atoms with Crippen molar-refractivity contribution in [3.8, 4) is 11.3 Å². The summed E-state index contributed by atoms with van der Waals surface area (Å²) in [6.07, 6.45) is 5.02. The van der Waals surface area contributed by atoms with Crippen LogP contribution in [0.25, 0.3) is 28.4 Å². The van der Waals surface area contributed by atoms with Gasteiger partial charge in [-0.2, -0.15) is 0 Å². The second kappa shape index (κ2) is 10.8. The number of halogens is 1. The van der Waals surface area contributed by atoms with Gasteiger partial charge >= 0.3 is 0 Å². The number of carbonyl (C=O) groups excluding carboxylic acids is 1. The number of aromatic nitrogens is 2. The molecule has 2 aromatic heterocycles. The number of pyridine rings is 1. The Morgan fingerprint density at radius 3 is 2.47 bits per heavy atom. The third kappa shape index (κ3) is 5.07. The molecule has 1 amide bonds. The normalized spacial score (nSPS) is 11.9. The summed E-state index contributed by atoms with van der Waals surface area (Å²) in [7, 11) is 1.99. The minimum atomic E-state index is -0.598. The van der Waals surface area contributed by atoms with Crippen LogP contribution in [0, 0.1) is 0 Å². The van der Waals surface area contributed by atoms with Crippen LogP contribution in [0.5, 0.6) is 0 Å². The zero-order valence-corrected chi connectivity index (χ0v) is 18.6. The van der Waals surface area contributed by atoms with Crippen molar-refractivity contribution in [2.75, 3.05) is 6.54 Å². The van der Waals surface area contributed by atoms with E-state index in [1.54, 1.807) is 12.3 Å². The SMILES string of the molecule is Cl.Cn1c(-c2ccccc2)c(C=CC(=O)NCCC(O)c2ccccc2)c2cccnc21. The minimum Gasteiger partial charge on any atom is -0.388 e. The summed E-state index contributed by atoms with van der Waals surface area (Å²) in [5.74, 6) is -0.194. The Kier molecular flexibility index (Phi) is 7.82. The first-order valence-electron chi connectivity index (χ1n) is 10.3. The number of nitrogens with zero attached hydrogens (tertiary/aromatic N) is 2. The lowest BCUT2D eigenvalue weighted by atomic mass is 10.1. The number of hydrogen-bond acceptors (Lipinski definition) is 3. The van der Waals surface area contributed by atoms with E-state index in [1.165, 1.54) is 0 Å². The molecule has 0 aliphatic heterocycles. The number of nitrogens with one attached hydrogen (secondary N) is 1. The second-order valence-corrected chi connectivity index (χ2v) is 7.40. The maximum absolute atomic E-state index is 12.4. The Bertz CT molecular complexity index is 1200. The van der Waals surface area contributed by atoms with Crippen molar-refractivity contribution >= 4 is 35.4 Å². The number of carbonyl (C=O) groups is 1. The predicted octanol–water partition coefficient (Wildman–Crippen LogP) is 4.92. The zero-order valence-electron chi connectivity index (χ0n) is 17.8. The van der Waals surface area contributed by atoms with Gasteiger partial charge in [0.2, 0.25) is 5.91 Å². The fraction of sp³-hybridized carbons (Fsp3) is 0.154. The van der Waals surface area contributed by atoms with E-state index < -0.39 is 6.10 Å². The Hall–Kier alpha value is -3.41. The molecule has 4 aromatic rings. The summed E-state index contributed by atoms with van der Waals surface area (Å²) in [5.41, 5.74) is 4.75. The quantitative estimate of drug-likeness (QED) is 0.395. The number of rotatable bonds is 7. The van der Waals surface area contributed by atoms with Gasteiger partial charge in [0.15, 0.2) is 0 Å². The van der Waals surface area contributed by atoms with Crippen molar-refractivity contribution in [2.24, 2.45) is 7.05 Å². The Balaban J connectivity index is 0.00000289. The summed E-state index contributed by atoms with van der Waals surface area (Å²) in [6.45, 7) is 0.391. The lowest BCUT2D eigenvalue weighted by Gasteiger charge is -2.10. The van der Waals surface area contributed by atoms with Crippen molar-refractivity contribution in [3.63, 3.8) is 0 Å². The Morgan fingerprint density at radius 1 is 1.06 bits per heavy atom. The molecule has 2 aromatic carbocycles. The average molecular weight is 448 g/mol. The molecule has 32 heavy (non-hydrogen) atoms. The molecule has 4 rings (SSSR count). The molecule has 5 nitrogen and oxygen atoms in total. The molecule has 0 spiro atoms. The van der Waals surface area contributed by atoms with E-state index in [0.717, 1.165) is 33.4 Å². The maximum atomic E-state index is 12.4. The fourth-order valence-corrected chi connectivity index (χ4v) is 3.79. The first-order valence-corrected chi connectivity index (χ1v) is 10.3. The molecule has 0 fully saturated rings. The van der Waals surface area contributed by atoms with Crippen LogP contribution in [0.15, 0.2) is 85.1 Å². The smallest absolute Gasteiger partial charge is 0.244 e. The number of benzene rings is 2. The molecule has 0 radical (unpaired) electrons. The lowest BCUT2D eigenvalue weighted by Crippen LogP contribution is -2.23. The standard InChI is InChI=1S/C26H25N3O2.ClH/c1-29-25(20-11-6-3-7-12-20)21(22-13-8-17-28-26(22)29)14-15-24(31)27-18-16-23(30)19-9-4-2-5-10-19;/h2-15,17,23,30H,16,18H2,1H3,(H,27,31);1H. The van der Waals surface area contributed by atoms with Gasteiger partial charge in [-0.1, -0.05) is 60.7 Å². The van der Waals surface area contributed by atoms with Gasteiger partial charge in [0.25, 0.3) is 0 Å². The zero-order chi connectivity index (χ0) is 21.6. The fourth-order valence-electron chi connectivity index (χ4n) is 3.79. The van der Waals surface area contributed by atoms with Crippen molar-refractivity contribution in [1.82, 2.24) is 14.9 Å². The predicted molar refractivity (Wildman–Crippen MR) is 131 cm³/mol. The maximum Gasteiger partial charge on any atom is 0.244 e. The lowest BCUT2D eigenvalue weighted by molar-refractivity contribution is -0.116. The topological polar surface area (TPSA) is 67.2 Å². The van der Waals surface area contributed by atoms with Crippen LogP contribution in [0.2, 0.25) is 0 Å². The monoisotopic (exact) mass is 447 g/mol. The van der Waals surface area contributed by atoms with Crippen molar-refractivity contribution in [3.05, 3.63) is 96.2 Å². The second-order valence-electron chi connectivity index (χ2n) is 7.40. The molecule has 1 atom stereocenters. The number of fused-ring (bicyclic) bond motifs is 1. The minimum absolute atomic E-state index is 0. The van der Waals surface area contributed by atoms with Gasteiger partial charge in [-0.05, 0) is 35.8 Å². The highest BCUT2D eigenvalue weighted by molar-refractivity contribution is 6.00. The van der Waals surface area contributed by atoms with E-state index in [9.17, 15) is 9.90 Å². The van der Waals surface area contributed by atoms with Crippen LogP contribution in [-0.4, -0.2) is 27.1 Å². The van der Waals surface area contributed by atoms with Crippen LogP contribution >= 0.6 is 12.4 Å². The molecule has 0 bridgehead atoms. The number of aryl methyl sites for hydroxylation is 1. The summed E-state index contributed by atoms with van der Waals surface area (Å²) in [4.78, 5) is 16.9. The summed E-state index contributed by atoms with van der Waals surface area (Å²) < 4.78 is 2.05. The summed E-state index contributed by atoms with van der Waals surface area (Å²) in [6, 6.07) is 23.5. The van der Waals surface area contributed by atoms with Gasteiger partial charge < -0.3 is 15.0 Å². The molecular formula is C26H26ClN3O2. The molecule has 2 heterocycles. The van der Waals surface area contributed by atoms with E-state index in [0.29, 0.717) is 13.0 Å². The number of amides is 1. The molecule has 0 aliphatic carbocycles. The Labute approximate surface area is 193 Å². The van der Waals surface area contributed by atoms with Gasteiger partial charge in [-0.15, -0.1) is 12.4 Å². The van der Waals surface area contributed by atoms with E-state index in [1.807, 2.05) is 73.8 Å². The van der Waals surface area contributed by atoms with Gasteiger partial charge in [-0.25, -0.2) is 4.98 Å². The number of aliphatic hydroxyl groups excluding tert-OH is 1. The van der Waals surface area contributed by atoms with Gasteiger partial charge in [0.05, 0.1) is 11.8 Å². The van der Waals surface area contributed by atoms with Gasteiger partial charge in [0.1, 0.15) is 5.65 Å².